The molecule has 3 heterocycles. The maximum Gasteiger partial charge on any atom is 0.271 e. The molecule has 3 aromatic rings. The second-order valence-corrected chi connectivity index (χ2v) is 7.79. The molecule has 0 bridgehead atoms. The van der Waals surface area contributed by atoms with Crippen LogP contribution in [-0.4, -0.2) is 20.9 Å². The van der Waals surface area contributed by atoms with E-state index >= 15 is 0 Å². The van der Waals surface area contributed by atoms with Crippen LogP contribution in [0.5, 0.6) is 5.75 Å². The Kier molecular flexibility index (Phi) is 3.99. The summed E-state index contributed by atoms with van der Waals surface area (Å²) in [5.41, 5.74) is 0.933. The van der Waals surface area contributed by atoms with E-state index in [1.165, 1.54) is 23.1 Å². The third-order valence-electron chi connectivity index (χ3n) is 4.63. The van der Waals surface area contributed by atoms with Crippen molar-refractivity contribution in [2.45, 2.75) is 32.9 Å². The van der Waals surface area contributed by atoms with Crippen LogP contribution in [0.1, 0.15) is 25.2 Å². The molecule has 8 heteroatoms. The zero-order valence-electron chi connectivity index (χ0n) is 14.9. The number of imidazole rings is 1. The number of aromatic nitrogens is 2. The highest BCUT2D eigenvalue weighted by atomic mass is 79.9. The normalized spacial score (nSPS) is 15.8. The van der Waals surface area contributed by atoms with Crippen molar-refractivity contribution in [2.24, 2.45) is 0 Å². The van der Waals surface area contributed by atoms with Crippen LogP contribution in [0.3, 0.4) is 0 Å². The average Bonchev–Trinajstić information content (AvgIpc) is 2.88. The van der Waals surface area contributed by atoms with Gasteiger partial charge in [-0.1, -0.05) is 6.07 Å². The number of fused-ring (bicyclic) bond motifs is 2. The zero-order valence-corrected chi connectivity index (χ0v) is 16.5. The fraction of sp³-hybridized carbons (Fsp3) is 0.263. The maximum atomic E-state index is 14.3. The molecule has 0 radical (unpaired) electrons. The van der Waals surface area contributed by atoms with Gasteiger partial charge in [-0.05, 0) is 48.8 Å². The number of amides is 1. The Morgan fingerprint density at radius 1 is 1.26 bits per heavy atom. The summed E-state index contributed by atoms with van der Waals surface area (Å²) in [6.45, 7) is 5.14. The summed E-state index contributed by atoms with van der Waals surface area (Å²) in [5.74, 6) is -1.20. The summed E-state index contributed by atoms with van der Waals surface area (Å²) < 4.78 is 35.7. The van der Waals surface area contributed by atoms with Crippen LogP contribution in [0, 0.1) is 18.6 Å². The fourth-order valence-corrected chi connectivity index (χ4v) is 3.57. The van der Waals surface area contributed by atoms with Crippen LogP contribution >= 0.6 is 15.9 Å². The van der Waals surface area contributed by atoms with Crippen molar-refractivity contribution < 1.29 is 18.3 Å². The Labute approximate surface area is 162 Å². The summed E-state index contributed by atoms with van der Waals surface area (Å²) in [6.07, 6.45) is 1.57. The van der Waals surface area contributed by atoms with Crippen molar-refractivity contribution in [2.75, 3.05) is 4.90 Å². The summed E-state index contributed by atoms with van der Waals surface area (Å²) in [7, 11) is 0. The maximum absolute atomic E-state index is 14.3. The Bertz CT molecular complexity index is 1090. The molecule has 27 heavy (non-hydrogen) atoms. The van der Waals surface area contributed by atoms with E-state index in [9.17, 15) is 13.6 Å². The Balaban J connectivity index is 1.86. The molecular formula is C19H16BrF2N3O2. The number of hydrogen-bond donors (Lipinski definition) is 0. The SMILES string of the molecule is Cc1nc2cc(F)c(Br)cn2c1CN1C(=O)C(C)(C)Oc2c(F)cccc21. The summed E-state index contributed by atoms with van der Waals surface area (Å²) in [4.78, 5) is 18.9. The molecule has 140 valence electrons. The zero-order chi connectivity index (χ0) is 19.5. The van der Waals surface area contributed by atoms with E-state index in [0.717, 1.165) is 0 Å². The van der Waals surface area contributed by atoms with Crippen molar-refractivity contribution in [3.8, 4) is 5.75 Å². The first-order valence-electron chi connectivity index (χ1n) is 8.31. The number of ether oxygens (including phenoxy) is 1. The van der Waals surface area contributed by atoms with Gasteiger partial charge in [0.05, 0.1) is 28.1 Å². The summed E-state index contributed by atoms with van der Waals surface area (Å²) in [5, 5.41) is 0. The topological polar surface area (TPSA) is 46.8 Å². The molecule has 0 atom stereocenters. The van der Waals surface area contributed by atoms with Gasteiger partial charge in [-0.15, -0.1) is 0 Å². The Hall–Kier alpha value is -2.48. The smallest absolute Gasteiger partial charge is 0.271 e. The molecule has 5 nitrogen and oxygen atoms in total. The number of anilines is 1. The third-order valence-corrected chi connectivity index (χ3v) is 5.21. The van der Waals surface area contributed by atoms with Gasteiger partial charge in [-0.25, -0.2) is 13.8 Å². The molecule has 1 aromatic carbocycles. The molecule has 0 N–H and O–H groups in total. The Morgan fingerprint density at radius 2 is 2.00 bits per heavy atom. The van der Waals surface area contributed by atoms with Gasteiger partial charge < -0.3 is 9.14 Å². The van der Waals surface area contributed by atoms with E-state index in [1.54, 1.807) is 37.4 Å². The minimum Gasteiger partial charge on any atom is -0.473 e. The van der Waals surface area contributed by atoms with Gasteiger partial charge in [0, 0.05) is 12.3 Å². The lowest BCUT2D eigenvalue weighted by molar-refractivity contribution is -0.133. The van der Waals surface area contributed by atoms with E-state index in [-0.39, 0.29) is 22.7 Å². The summed E-state index contributed by atoms with van der Waals surface area (Å²) >= 11 is 3.18. The first-order chi connectivity index (χ1) is 12.7. The predicted molar refractivity (Wildman–Crippen MR) is 99.9 cm³/mol. The quantitative estimate of drug-likeness (QED) is 0.599. The number of rotatable bonds is 2. The van der Waals surface area contributed by atoms with Crippen LogP contribution in [0.2, 0.25) is 0 Å². The predicted octanol–water partition coefficient (Wildman–Crippen LogP) is 4.39. The molecule has 0 fully saturated rings. The molecule has 0 saturated carbocycles. The van der Waals surface area contributed by atoms with Crippen LogP contribution in [0.4, 0.5) is 14.5 Å². The van der Waals surface area contributed by atoms with E-state index in [2.05, 4.69) is 20.9 Å². The second kappa shape index (κ2) is 6.02. The van der Waals surface area contributed by atoms with Crippen LogP contribution in [0.25, 0.3) is 5.65 Å². The van der Waals surface area contributed by atoms with Crippen molar-refractivity contribution in [1.29, 1.82) is 0 Å². The van der Waals surface area contributed by atoms with Gasteiger partial charge >= 0.3 is 0 Å². The largest absolute Gasteiger partial charge is 0.473 e. The van der Waals surface area contributed by atoms with Gasteiger partial charge in [0.15, 0.2) is 17.2 Å². The van der Waals surface area contributed by atoms with Crippen molar-refractivity contribution in [3.05, 3.63) is 58.0 Å². The molecular weight excluding hydrogens is 420 g/mol. The van der Waals surface area contributed by atoms with Crippen molar-refractivity contribution >= 4 is 33.2 Å². The lowest BCUT2D eigenvalue weighted by Crippen LogP contribution is -2.52. The highest BCUT2D eigenvalue weighted by Gasteiger charge is 2.42. The van der Waals surface area contributed by atoms with Gasteiger partial charge in [0.2, 0.25) is 0 Å². The molecule has 1 aliphatic rings. The number of hydrogen-bond acceptors (Lipinski definition) is 3. The number of para-hydroxylation sites is 1. The highest BCUT2D eigenvalue weighted by molar-refractivity contribution is 9.10. The van der Waals surface area contributed by atoms with Gasteiger partial charge in [-0.3, -0.25) is 9.69 Å². The first kappa shape index (κ1) is 17.9. The third kappa shape index (κ3) is 2.79. The number of carbonyl (C=O) groups excluding carboxylic acids is 1. The van der Waals surface area contributed by atoms with E-state index < -0.39 is 17.2 Å². The molecule has 0 unspecified atom stereocenters. The Morgan fingerprint density at radius 3 is 2.74 bits per heavy atom. The van der Waals surface area contributed by atoms with E-state index in [4.69, 9.17) is 4.74 Å². The van der Waals surface area contributed by atoms with Crippen molar-refractivity contribution in [3.63, 3.8) is 0 Å². The van der Waals surface area contributed by atoms with E-state index in [0.29, 0.717) is 22.7 Å². The minimum atomic E-state index is -1.21. The lowest BCUT2D eigenvalue weighted by Gasteiger charge is -2.38. The second-order valence-electron chi connectivity index (χ2n) is 6.93. The van der Waals surface area contributed by atoms with Gasteiger partial charge in [0.1, 0.15) is 11.5 Å². The van der Waals surface area contributed by atoms with Gasteiger partial charge in [0.25, 0.3) is 5.91 Å². The number of aryl methyl sites for hydroxylation is 1. The number of carbonyl (C=O) groups is 1. The summed E-state index contributed by atoms with van der Waals surface area (Å²) in [6, 6.07) is 5.78. The molecule has 2 aromatic heterocycles. The molecule has 4 rings (SSSR count). The van der Waals surface area contributed by atoms with Crippen LogP contribution in [0.15, 0.2) is 34.9 Å². The van der Waals surface area contributed by atoms with Crippen LogP contribution < -0.4 is 9.64 Å². The number of benzene rings is 1. The lowest BCUT2D eigenvalue weighted by atomic mass is 10.0. The number of nitrogens with zero attached hydrogens (tertiary/aromatic N) is 3. The molecule has 0 aliphatic carbocycles. The molecule has 0 spiro atoms. The molecule has 1 aliphatic heterocycles. The monoisotopic (exact) mass is 435 g/mol. The standard InChI is InChI=1S/C19H16BrF2N3O2/c1-10-15(24-8-11(20)13(22)7-16(24)23-10)9-25-14-6-4-5-12(21)17(14)27-19(2,3)18(25)26/h4-8H,9H2,1-3H3. The highest BCUT2D eigenvalue weighted by Crippen LogP contribution is 2.40. The molecule has 0 saturated heterocycles. The fourth-order valence-electron chi connectivity index (χ4n) is 3.25. The van der Waals surface area contributed by atoms with Crippen LogP contribution in [-0.2, 0) is 11.3 Å². The molecule has 1 amide bonds. The van der Waals surface area contributed by atoms with Gasteiger partial charge in [-0.2, -0.15) is 0 Å². The number of halogens is 3. The van der Waals surface area contributed by atoms with Crippen molar-refractivity contribution in [1.82, 2.24) is 9.38 Å². The number of pyridine rings is 1. The average molecular weight is 436 g/mol. The van der Waals surface area contributed by atoms with E-state index in [1.807, 2.05) is 0 Å². The first-order valence-corrected chi connectivity index (χ1v) is 9.10. The minimum absolute atomic E-state index is 0.0424.